The maximum atomic E-state index is 6.30. The Labute approximate surface area is 163 Å². The van der Waals surface area contributed by atoms with Gasteiger partial charge in [-0.15, -0.1) is 0 Å². The predicted molar refractivity (Wildman–Crippen MR) is 102 cm³/mol. The third-order valence-corrected chi connectivity index (χ3v) is 5.46. The fourth-order valence-electron chi connectivity index (χ4n) is 2.51. The van der Waals surface area contributed by atoms with E-state index in [0.29, 0.717) is 30.2 Å². The lowest BCUT2D eigenvalue weighted by Gasteiger charge is -2.39. The smallest absolute Gasteiger partial charge is 0.206 e. The molecule has 0 aliphatic carbocycles. The lowest BCUT2D eigenvalue weighted by molar-refractivity contribution is -0.294. The number of benzene rings is 2. The summed E-state index contributed by atoms with van der Waals surface area (Å²) in [7, 11) is 0. The lowest BCUT2D eigenvalue weighted by atomic mass is 10.1. The Bertz CT molecular complexity index is 670. The second-order valence-electron chi connectivity index (χ2n) is 5.55. The molecule has 0 spiro atoms. The van der Waals surface area contributed by atoms with Gasteiger partial charge >= 0.3 is 0 Å². The van der Waals surface area contributed by atoms with Crippen molar-refractivity contribution in [3.05, 3.63) is 69.2 Å². The molecule has 1 aliphatic rings. The summed E-state index contributed by atoms with van der Waals surface area (Å²) < 4.78 is 19.0. The zero-order valence-corrected chi connectivity index (χ0v) is 16.8. The summed E-state index contributed by atoms with van der Waals surface area (Å²) in [5, 5.41) is 1.13. The fourth-order valence-corrected chi connectivity index (χ4v) is 3.68. The van der Waals surface area contributed by atoms with E-state index in [0.717, 1.165) is 15.6 Å². The van der Waals surface area contributed by atoms with E-state index in [1.54, 1.807) is 0 Å². The van der Waals surface area contributed by atoms with Crippen LogP contribution in [-0.2, 0) is 26.6 Å². The molecule has 0 atom stereocenters. The molecule has 0 saturated carbocycles. The number of halogens is 3. The number of ether oxygens (including phenoxy) is 3. The summed E-state index contributed by atoms with van der Waals surface area (Å²) in [6.07, 6.45) is -0.108. The van der Waals surface area contributed by atoms with Crippen molar-refractivity contribution in [1.82, 2.24) is 0 Å². The molecule has 3 nitrogen and oxygen atoms in total. The van der Waals surface area contributed by atoms with Crippen LogP contribution in [0.2, 0.25) is 5.02 Å². The number of alkyl halides is 1. The van der Waals surface area contributed by atoms with Crippen LogP contribution < -0.4 is 0 Å². The van der Waals surface area contributed by atoms with Crippen molar-refractivity contribution in [3.63, 3.8) is 0 Å². The quantitative estimate of drug-likeness (QED) is 0.550. The predicted octanol–water partition coefficient (Wildman–Crippen LogP) is 5.28. The summed E-state index contributed by atoms with van der Waals surface area (Å²) >= 11 is 13.2. The van der Waals surface area contributed by atoms with Gasteiger partial charge in [-0.05, 0) is 23.8 Å². The van der Waals surface area contributed by atoms with Crippen LogP contribution in [0.4, 0.5) is 0 Å². The third-order valence-electron chi connectivity index (χ3n) is 3.86. The van der Waals surface area contributed by atoms with E-state index in [9.17, 15) is 0 Å². The van der Waals surface area contributed by atoms with Gasteiger partial charge in [-0.25, -0.2) is 0 Å². The highest BCUT2D eigenvalue weighted by Gasteiger charge is 2.40. The highest BCUT2D eigenvalue weighted by Crippen LogP contribution is 2.37. The Balaban J connectivity index is 1.60. The van der Waals surface area contributed by atoms with Gasteiger partial charge in [-0.2, -0.15) is 0 Å². The molecule has 0 radical (unpaired) electrons. The Kier molecular flexibility index (Phi) is 6.35. The van der Waals surface area contributed by atoms with Crippen LogP contribution >= 0.6 is 43.5 Å². The zero-order valence-electron chi connectivity index (χ0n) is 12.9. The minimum absolute atomic E-state index is 0.108. The average molecular weight is 477 g/mol. The first-order valence-electron chi connectivity index (χ1n) is 7.58. The second kappa shape index (κ2) is 8.30. The minimum atomic E-state index is -0.865. The molecule has 1 saturated heterocycles. The SMILES string of the molecule is Clc1ccccc1[C@]1(CBr)OC[C@@H](OCc2ccc(Br)cc2)CO1. The Morgan fingerprint density at radius 2 is 1.75 bits per heavy atom. The minimum Gasteiger partial charge on any atom is -0.369 e. The van der Waals surface area contributed by atoms with Gasteiger partial charge in [-0.1, -0.05) is 73.8 Å². The van der Waals surface area contributed by atoms with Gasteiger partial charge in [0.25, 0.3) is 0 Å². The number of hydrogen-bond donors (Lipinski definition) is 0. The Hall–Kier alpha value is -0.430. The second-order valence-corrected chi connectivity index (χ2v) is 7.43. The van der Waals surface area contributed by atoms with Gasteiger partial charge in [0, 0.05) is 15.1 Å². The van der Waals surface area contributed by atoms with Crippen LogP contribution in [0, 0.1) is 0 Å². The van der Waals surface area contributed by atoms with E-state index < -0.39 is 5.79 Å². The lowest BCUT2D eigenvalue weighted by Crippen LogP contribution is -2.46. The largest absolute Gasteiger partial charge is 0.369 e. The molecular weight excluding hydrogens is 459 g/mol. The normalized spacial score (nSPS) is 24.0. The van der Waals surface area contributed by atoms with E-state index in [4.69, 9.17) is 25.8 Å². The molecule has 1 aliphatic heterocycles. The first kappa shape index (κ1) is 18.4. The average Bonchev–Trinajstić information content (AvgIpc) is 2.62. The highest BCUT2D eigenvalue weighted by atomic mass is 79.9. The molecule has 128 valence electrons. The molecule has 0 amide bonds. The maximum Gasteiger partial charge on any atom is 0.206 e. The first-order chi connectivity index (χ1) is 11.6. The zero-order chi connectivity index (χ0) is 17.0. The number of rotatable bonds is 5. The summed E-state index contributed by atoms with van der Waals surface area (Å²) in [6.45, 7) is 1.43. The van der Waals surface area contributed by atoms with Gasteiger partial charge in [-0.3, -0.25) is 0 Å². The molecular formula is C18H17Br2ClO3. The molecule has 2 aromatic rings. The van der Waals surface area contributed by atoms with Gasteiger partial charge in [0.2, 0.25) is 5.79 Å². The van der Waals surface area contributed by atoms with E-state index in [1.807, 2.05) is 48.5 Å². The van der Waals surface area contributed by atoms with Crippen molar-refractivity contribution in [1.29, 1.82) is 0 Å². The van der Waals surface area contributed by atoms with Crippen LogP contribution in [0.5, 0.6) is 0 Å². The van der Waals surface area contributed by atoms with E-state index in [1.165, 1.54) is 0 Å². The summed E-state index contributed by atoms with van der Waals surface area (Å²) in [6, 6.07) is 15.6. The van der Waals surface area contributed by atoms with Gasteiger partial charge < -0.3 is 14.2 Å². The standard InChI is InChI=1S/C18H17Br2ClO3/c19-12-18(16-3-1-2-4-17(16)21)23-10-15(11-24-18)22-9-13-5-7-14(20)8-6-13/h1-8,15H,9-12H2/t15-,18-. The summed E-state index contributed by atoms with van der Waals surface area (Å²) in [5.74, 6) is -0.865. The Morgan fingerprint density at radius 1 is 1.08 bits per heavy atom. The summed E-state index contributed by atoms with van der Waals surface area (Å²) in [5.41, 5.74) is 1.94. The van der Waals surface area contributed by atoms with Crippen LogP contribution in [0.15, 0.2) is 53.0 Å². The number of hydrogen-bond acceptors (Lipinski definition) is 3. The molecule has 2 aromatic carbocycles. The third kappa shape index (κ3) is 4.21. The molecule has 0 N–H and O–H groups in total. The van der Waals surface area contributed by atoms with E-state index in [2.05, 4.69) is 31.9 Å². The topological polar surface area (TPSA) is 27.7 Å². The molecule has 0 aromatic heterocycles. The molecule has 1 heterocycles. The van der Waals surface area contributed by atoms with Crippen molar-refractivity contribution < 1.29 is 14.2 Å². The van der Waals surface area contributed by atoms with Crippen LogP contribution in [0.3, 0.4) is 0 Å². The maximum absolute atomic E-state index is 6.30. The van der Waals surface area contributed by atoms with Gasteiger partial charge in [0.15, 0.2) is 0 Å². The van der Waals surface area contributed by atoms with Crippen LogP contribution in [0.25, 0.3) is 0 Å². The summed E-state index contributed by atoms with van der Waals surface area (Å²) in [4.78, 5) is 0. The fraction of sp³-hybridized carbons (Fsp3) is 0.333. The van der Waals surface area contributed by atoms with Crippen LogP contribution in [-0.4, -0.2) is 24.6 Å². The molecule has 3 rings (SSSR count). The monoisotopic (exact) mass is 474 g/mol. The van der Waals surface area contributed by atoms with E-state index in [-0.39, 0.29) is 6.10 Å². The molecule has 0 unspecified atom stereocenters. The van der Waals surface area contributed by atoms with Crippen molar-refractivity contribution in [3.8, 4) is 0 Å². The van der Waals surface area contributed by atoms with E-state index >= 15 is 0 Å². The molecule has 24 heavy (non-hydrogen) atoms. The molecule has 1 fully saturated rings. The molecule has 0 bridgehead atoms. The van der Waals surface area contributed by atoms with Crippen LogP contribution in [0.1, 0.15) is 11.1 Å². The highest BCUT2D eigenvalue weighted by molar-refractivity contribution is 9.10. The van der Waals surface area contributed by atoms with Gasteiger partial charge in [0.1, 0.15) is 6.10 Å². The van der Waals surface area contributed by atoms with Gasteiger partial charge in [0.05, 0.1) is 25.2 Å². The van der Waals surface area contributed by atoms with Crippen molar-refractivity contribution in [2.75, 3.05) is 18.5 Å². The van der Waals surface area contributed by atoms with Crippen molar-refractivity contribution in [2.24, 2.45) is 0 Å². The molecule has 6 heteroatoms. The Morgan fingerprint density at radius 3 is 2.38 bits per heavy atom. The first-order valence-corrected chi connectivity index (χ1v) is 9.87. The van der Waals surface area contributed by atoms with Crippen molar-refractivity contribution >= 4 is 43.5 Å². The van der Waals surface area contributed by atoms with Crippen molar-refractivity contribution in [2.45, 2.75) is 18.5 Å².